The summed E-state index contributed by atoms with van der Waals surface area (Å²) in [5.74, 6) is -0.0579. The monoisotopic (exact) mass is 356 g/mol. The van der Waals surface area contributed by atoms with Crippen LogP contribution >= 0.6 is 7.92 Å². The molecule has 0 fully saturated rings. The predicted octanol–water partition coefficient (Wildman–Crippen LogP) is 3.33. The lowest BCUT2D eigenvalue weighted by molar-refractivity contribution is 0.0963. The smallest absolute Gasteiger partial charge is 0.263 e. The molecule has 0 unspecified atom stereocenters. The van der Waals surface area contributed by atoms with E-state index in [0.717, 1.165) is 5.57 Å². The highest BCUT2D eigenvalue weighted by molar-refractivity contribution is 7.79. The Morgan fingerprint density at radius 2 is 1.23 bits per heavy atom. The van der Waals surface area contributed by atoms with Crippen molar-refractivity contribution < 1.29 is 4.79 Å². The van der Waals surface area contributed by atoms with E-state index in [2.05, 4.69) is 29.2 Å². The molecule has 3 aromatic carbocycles. The van der Waals surface area contributed by atoms with Crippen LogP contribution in [0.5, 0.6) is 0 Å². The molecule has 4 aromatic rings. The van der Waals surface area contributed by atoms with Crippen molar-refractivity contribution >= 4 is 30.0 Å². The number of carbonyl (C=O) groups is 1. The van der Waals surface area contributed by atoms with Crippen molar-refractivity contribution in [3.63, 3.8) is 0 Å². The van der Waals surface area contributed by atoms with E-state index in [1.54, 1.807) is 17.0 Å². The zero-order valence-electron chi connectivity index (χ0n) is 14.1. The molecule has 0 aliphatic carbocycles. The maximum Gasteiger partial charge on any atom is 0.263 e. The first-order valence-electron chi connectivity index (χ1n) is 8.38. The van der Waals surface area contributed by atoms with Gasteiger partial charge in [-0.1, -0.05) is 78.9 Å². The third-order valence-electron chi connectivity index (χ3n) is 4.09. The van der Waals surface area contributed by atoms with E-state index in [0.29, 0.717) is 5.56 Å². The van der Waals surface area contributed by atoms with E-state index in [1.807, 2.05) is 66.7 Å². The van der Waals surface area contributed by atoms with Crippen LogP contribution in [0.15, 0.2) is 103 Å². The minimum absolute atomic E-state index is 0.0579. The first-order valence-corrected chi connectivity index (χ1v) is 9.72. The Hall–Kier alpha value is -3.03. The molecule has 0 aliphatic heterocycles. The Morgan fingerprint density at radius 3 is 1.77 bits per heavy atom. The van der Waals surface area contributed by atoms with Crippen molar-refractivity contribution in [1.82, 2.24) is 9.55 Å². The molecule has 0 aliphatic rings. The lowest BCUT2D eigenvalue weighted by Crippen LogP contribution is -2.31. The van der Waals surface area contributed by atoms with Gasteiger partial charge < -0.3 is 0 Å². The van der Waals surface area contributed by atoms with Crippen LogP contribution in [-0.4, -0.2) is 15.5 Å². The zero-order chi connectivity index (χ0) is 17.8. The van der Waals surface area contributed by atoms with Crippen molar-refractivity contribution in [2.75, 3.05) is 0 Å². The topological polar surface area (TPSA) is 34.9 Å². The SMILES string of the molecule is O=C(c1ccccc1)n1ccnc1P(c1ccccc1)c1ccccc1. The highest BCUT2D eigenvalue weighted by Crippen LogP contribution is 2.31. The van der Waals surface area contributed by atoms with Gasteiger partial charge in [0.1, 0.15) is 5.57 Å². The second-order valence-electron chi connectivity index (χ2n) is 5.77. The quantitative estimate of drug-likeness (QED) is 0.526. The molecule has 26 heavy (non-hydrogen) atoms. The van der Waals surface area contributed by atoms with Crippen LogP contribution in [0.25, 0.3) is 0 Å². The highest BCUT2D eigenvalue weighted by atomic mass is 31.1. The normalized spacial score (nSPS) is 10.8. The predicted molar refractivity (Wildman–Crippen MR) is 107 cm³/mol. The van der Waals surface area contributed by atoms with Gasteiger partial charge in [-0.15, -0.1) is 0 Å². The average molecular weight is 356 g/mol. The number of imidazole rings is 1. The number of hydrogen-bond acceptors (Lipinski definition) is 2. The molecule has 0 atom stereocenters. The molecule has 0 saturated carbocycles. The summed E-state index contributed by atoms with van der Waals surface area (Å²) >= 11 is 0. The third kappa shape index (κ3) is 3.22. The highest BCUT2D eigenvalue weighted by Gasteiger charge is 2.24. The Balaban J connectivity index is 1.84. The standard InChI is InChI=1S/C22H17N2OP/c25-21(18-10-4-1-5-11-18)24-17-16-23-22(24)26(19-12-6-2-7-13-19)20-14-8-3-9-15-20/h1-17H. The van der Waals surface area contributed by atoms with Crippen LogP contribution in [-0.2, 0) is 0 Å². The molecule has 0 bridgehead atoms. The fourth-order valence-corrected chi connectivity index (χ4v) is 5.13. The van der Waals surface area contributed by atoms with Crippen molar-refractivity contribution in [1.29, 1.82) is 0 Å². The molecule has 0 radical (unpaired) electrons. The van der Waals surface area contributed by atoms with Gasteiger partial charge in [-0.3, -0.25) is 9.36 Å². The van der Waals surface area contributed by atoms with Crippen LogP contribution in [0.4, 0.5) is 0 Å². The Morgan fingerprint density at radius 1 is 0.731 bits per heavy atom. The molecule has 0 N–H and O–H groups in total. The molecule has 3 nitrogen and oxygen atoms in total. The van der Waals surface area contributed by atoms with Crippen LogP contribution < -0.4 is 16.2 Å². The van der Waals surface area contributed by atoms with Gasteiger partial charge in [0.2, 0.25) is 0 Å². The van der Waals surface area contributed by atoms with Crippen LogP contribution in [0, 0.1) is 0 Å². The minimum Gasteiger partial charge on any atom is -0.268 e. The first-order chi connectivity index (χ1) is 12.8. The van der Waals surface area contributed by atoms with E-state index < -0.39 is 7.92 Å². The van der Waals surface area contributed by atoms with Gasteiger partial charge in [-0.25, -0.2) is 4.98 Å². The number of carbonyl (C=O) groups excluding carboxylic acids is 1. The van der Waals surface area contributed by atoms with Crippen molar-refractivity contribution in [3.8, 4) is 0 Å². The van der Waals surface area contributed by atoms with E-state index in [1.165, 1.54) is 10.6 Å². The molecule has 0 amide bonds. The second kappa shape index (κ2) is 7.47. The maximum absolute atomic E-state index is 13.0. The summed E-state index contributed by atoms with van der Waals surface area (Å²) in [6.07, 6.45) is 3.46. The Bertz CT molecular complexity index is 959. The van der Waals surface area contributed by atoms with Gasteiger partial charge in [0.15, 0.2) is 0 Å². The second-order valence-corrected chi connectivity index (χ2v) is 7.88. The van der Waals surface area contributed by atoms with Crippen molar-refractivity contribution in [3.05, 3.63) is 109 Å². The maximum atomic E-state index is 13.0. The summed E-state index contributed by atoms with van der Waals surface area (Å²) in [6.45, 7) is 0. The van der Waals surface area contributed by atoms with Gasteiger partial charge in [0.25, 0.3) is 5.91 Å². The van der Waals surface area contributed by atoms with Gasteiger partial charge in [-0.05, 0) is 22.7 Å². The lowest BCUT2D eigenvalue weighted by atomic mass is 10.2. The van der Waals surface area contributed by atoms with E-state index in [9.17, 15) is 4.79 Å². The molecule has 0 spiro atoms. The first kappa shape index (κ1) is 16.4. The number of rotatable bonds is 4. The zero-order valence-corrected chi connectivity index (χ0v) is 15.0. The Labute approximate surface area is 153 Å². The van der Waals surface area contributed by atoms with E-state index >= 15 is 0 Å². The number of nitrogens with zero attached hydrogens (tertiary/aromatic N) is 2. The van der Waals surface area contributed by atoms with Crippen molar-refractivity contribution in [2.45, 2.75) is 0 Å². The number of benzene rings is 3. The van der Waals surface area contributed by atoms with Gasteiger partial charge in [0, 0.05) is 25.9 Å². The average Bonchev–Trinajstić information content (AvgIpc) is 3.19. The van der Waals surface area contributed by atoms with Crippen molar-refractivity contribution in [2.24, 2.45) is 0 Å². The van der Waals surface area contributed by atoms with Gasteiger partial charge >= 0.3 is 0 Å². The molecule has 4 heteroatoms. The van der Waals surface area contributed by atoms with Gasteiger partial charge in [0.05, 0.1) is 0 Å². The van der Waals surface area contributed by atoms with Crippen LogP contribution in [0.2, 0.25) is 0 Å². The molecule has 0 saturated heterocycles. The van der Waals surface area contributed by atoms with Crippen LogP contribution in [0.1, 0.15) is 10.4 Å². The summed E-state index contributed by atoms with van der Waals surface area (Å²) in [4.78, 5) is 17.6. The summed E-state index contributed by atoms with van der Waals surface area (Å²) in [5.41, 5.74) is 1.44. The minimum atomic E-state index is -0.922. The lowest BCUT2D eigenvalue weighted by Gasteiger charge is -2.19. The molecule has 126 valence electrons. The van der Waals surface area contributed by atoms with E-state index in [-0.39, 0.29) is 5.91 Å². The molecule has 1 heterocycles. The number of hydrogen-bond donors (Lipinski definition) is 0. The fraction of sp³-hybridized carbons (Fsp3) is 0. The number of aromatic nitrogens is 2. The molecular weight excluding hydrogens is 339 g/mol. The summed E-state index contributed by atoms with van der Waals surface area (Å²) in [7, 11) is -0.922. The summed E-state index contributed by atoms with van der Waals surface area (Å²) in [5, 5.41) is 2.34. The third-order valence-corrected chi connectivity index (χ3v) is 6.45. The van der Waals surface area contributed by atoms with E-state index in [4.69, 9.17) is 0 Å². The summed E-state index contributed by atoms with van der Waals surface area (Å²) < 4.78 is 1.68. The fourth-order valence-electron chi connectivity index (χ4n) is 2.87. The molecule has 4 rings (SSSR count). The van der Waals surface area contributed by atoms with Crippen LogP contribution in [0.3, 0.4) is 0 Å². The largest absolute Gasteiger partial charge is 0.268 e. The van der Waals surface area contributed by atoms with Gasteiger partial charge in [-0.2, -0.15) is 0 Å². The molecular formula is C22H17N2OP. The molecule has 1 aromatic heterocycles. The summed E-state index contributed by atoms with van der Waals surface area (Å²) in [6, 6.07) is 29.9. The Kier molecular flexibility index (Phi) is 4.72.